The van der Waals surface area contributed by atoms with E-state index in [1.165, 1.54) is 4.88 Å². The van der Waals surface area contributed by atoms with Crippen molar-refractivity contribution in [1.29, 1.82) is 0 Å². The van der Waals surface area contributed by atoms with Crippen molar-refractivity contribution in [2.75, 3.05) is 26.3 Å². The van der Waals surface area contributed by atoms with Gasteiger partial charge in [-0.2, -0.15) is 5.10 Å². The summed E-state index contributed by atoms with van der Waals surface area (Å²) in [5.41, 5.74) is 0. The standard InChI is InChI=1S/C13H18N4OS2/c1-15-12(9-11-3-2-8-20-11)14-17(13(15)19)10-16-4-6-18-7-5-16/h2-3,8H,4-7,9-10H2,1H3. The summed E-state index contributed by atoms with van der Waals surface area (Å²) in [4.78, 5) is 3.63. The molecule has 0 bridgehead atoms. The van der Waals surface area contributed by atoms with E-state index in [0.717, 1.165) is 50.0 Å². The fourth-order valence-corrected chi connectivity index (χ4v) is 3.19. The van der Waals surface area contributed by atoms with Gasteiger partial charge in [-0.15, -0.1) is 11.3 Å². The van der Waals surface area contributed by atoms with Crippen molar-refractivity contribution in [3.05, 3.63) is 33.0 Å². The first-order valence-electron chi connectivity index (χ1n) is 6.69. The summed E-state index contributed by atoms with van der Waals surface area (Å²) in [5, 5.41) is 6.77. The van der Waals surface area contributed by atoms with Crippen molar-refractivity contribution in [2.24, 2.45) is 7.05 Å². The van der Waals surface area contributed by atoms with Crippen LogP contribution in [0.25, 0.3) is 0 Å². The molecule has 7 heteroatoms. The van der Waals surface area contributed by atoms with Gasteiger partial charge in [0.2, 0.25) is 0 Å². The number of morpholine rings is 1. The fraction of sp³-hybridized carbons (Fsp3) is 0.538. The van der Waals surface area contributed by atoms with Gasteiger partial charge in [0.05, 0.1) is 19.9 Å². The Hall–Kier alpha value is -1.02. The highest BCUT2D eigenvalue weighted by Gasteiger charge is 2.14. The smallest absolute Gasteiger partial charge is 0.198 e. The van der Waals surface area contributed by atoms with Crippen LogP contribution in [0, 0.1) is 4.77 Å². The second kappa shape index (κ2) is 6.17. The lowest BCUT2D eigenvalue weighted by Crippen LogP contribution is -2.37. The van der Waals surface area contributed by atoms with E-state index < -0.39 is 0 Å². The van der Waals surface area contributed by atoms with Gasteiger partial charge in [0.1, 0.15) is 5.82 Å². The van der Waals surface area contributed by atoms with E-state index in [-0.39, 0.29) is 0 Å². The predicted molar refractivity (Wildman–Crippen MR) is 81.5 cm³/mol. The maximum Gasteiger partial charge on any atom is 0.198 e. The molecule has 1 aliphatic rings. The number of aromatic nitrogens is 3. The van der Waals surface area contributed by atoms with Crippen molar-refractivity contribution in [2.45, 2.75) is 13.1 Å². The highest BCUT2D eigenvalue weighted by molar-refractivity contribution is 7.71. The van der Waals surface area contributed by atoms with Crippen LogP contribution in [-0.2, 0) is 24.9 Å². The van der Waals surface area contributed by atoms with Crippen LogP contribution in [-0.4, -0.2) is 45.6 Å². The van der Waals surface area contributed by atoms with E-state index >= 15 is 0 Å². The van der Waals surface area contributed by atoms with Crippen LogP contribution in [0.1, 0.15) is 10.7 Å². The molecule has 0 spiro atoms. The molecule has 0 aliphatic carbocycles. The molecule has 0 atom stereocenters. The monoisotopic (exact) mass is 310 g/mol. The molecule has 0 N–H and O–H groups in total. The third-order valence-electron chi connectivity index (χ3n) is 3.48. The van der Waals surface area contributed by atoms with Crippen LogP contribution < -0.4 is 0 Å². The summed E-state index contributed by atoms with van der Waals surface area (Å²) in [5.74, 6) is 1.02. The zero-order valence-electron chi connectivity index (χ0n) is 11.5. The molecule has 1 saturated heterocycles. The highest BCUT2D eigenvalue weighted by atomic mass is 32.1. The van der Waals surface area contributed by atoms with Gasteiger partial charge < -0.3 is 9.30 Å². The van der Waals surface area contributed by atoms with E-state index in [1.807, 2.05) is 16.3 Å². The lowest BCUT2D eigenvalue weighted by atomic mass is 10.3. The van der Waals surface area contributed by atoms with Gasteiger partial charge >= 0.3 is 0 Å². The number of thiophene rings is 1. The van der Waals surface area contributed by atoms with Crippen molar-refractivity contribution < 1.29 is 4.74 Å². The molecular formula is C13H18N4OS2. The van der Waals surface area contributed by atoms with Crippen molar-refractivity contribution in [3.8, 4) is 0 Å². The zero-order chi connectivity index (χ0) is 13.9. The quantitative estimate of drug-likeness (QED) is 0.808. The zero-order valence-corrected chi connectivity index (χ0v) is 13.1. The summed E-state index contributed by atoms with van der Waals surface area (Å²) in [7, 11) is 1.99. The van der Waals surface area contributed by atoms with Gasteiger partial charge in [-0.05, 0) is 23.7 Å². The summed E-state index contributed by atoms with van der Waals surface area (Å²) in [6.07, 6.45) is 0.841. The highest BCUT2D eigenvalue weighted by Crippen LogP contribution is 2.14. The summed E-state index contributed by atoms with van der Waals surface area (Å²) in [6.45, 7) is 4.22. The SMILES string of the molecule is Cn1c(Cc2cccs2)nn(CN2CCOCC2)c1=S. The number of rotatable bonds is 4. The maximum absolute atomic E-state index is 5.49. The van der Waals surface area contributed by atoms with Crippen molar-refractivity contribution in [3.63, 3.8) is 0 Å². The largest absolute Gasteiger partial charge is 0.379 e. The molecule has 3 heterocycles. The Morgan fingerprint density at radius 3 is 2.90 bits per heavy atom. The lowest BCUT2D eigenvalue weighted by molar-refractivity contribution is 0.0209. The lowest BCUT2D eigenvalue weighted by Gasteiger charge is -2.26. The Morgan fingerprint density at radius 1 is 1.40 bits per heavy atom. The second-order valence-corrected chi connectivity index (χ2v) is 6.28. The van der Waals surface area contributed by atoms with E-state index in [0.29, 0.717) is 0 Å². The molecule has 1 aliphatic heterocycles. The van der Waals surface area contributed by atoms with Gasteiger partial charge in [0.25, 0.3) is 0 Å². The van der Waals surface area contributed by atoms with Crippen LogP contribution in [0.3, 0.4) is 0 Å². The van der Waals surface area contributed by atoms with Gasteiger partial charge in [-0.1, -0.05) is 6.07 Å². The Bertz CT molecular complexity index is 611. The van der Waals surface area contributed by atoms with Crippen LogP contribution in [0.4, 0.5) is 0 Å². The van der Waals surface area contributed by atoms with Crippen LogP contribution in [0.15, 0.2) is 17.5 Å². The molecule has 108 valence electrons. The minimum absolute atomic E-state index is 0.750. The minimum atomic E-state index is 0.750. The van der Waals surface area contributed by atoms with Crippen LogP contribution >= 0.6 is 23.6 Å². The first kappa shape index (κ1) is 13.9. The summed E-state index contributed by atoms with van der Waals surface area (Å²) in [6, 6.07) is 4.20. The number of hydrogen-bond acceptors (Lipinski definition) is 5. The number of hydrogen-bond donors (Lipinski definition) is 0. The average Bonchev–Trinajstić information content (AvgIpc) is 3.06. The fourth-order valence-electron chi connectivity index (χ4n) is 2.28. The van der Waals surface area contributed by atoms with Crippen LogP contribution in [0.2, 0.25) is 0 Å². The molecule has 20 heavy (non-hydrogen) atoms. The van der Waals surface area contributed by atoms with E-state index in [2.05, 4.69) is 27.5 Å². The molecule has 0 aromatic carbocycles. The first-order valence-corrected chi connectivity index (χ1v) is 7.98. The third kappa shape index (κ3) is 3.01. The molecule has 1 fully saturated rings. The molecule has 2 aromatic rings. The predicted octanol–water partition coefficient (Wildman–Crippen LogP) is 1.89. The molecule has 0 unspecified atom stereocenters. The van der Waals surface area contributed by atoms with Crippen LogP contribution in [0.5, 0.6) is 0 Å². The number of nitrogens with zero attached hydrogens (tertiary/aromatic N) is 4. The Kier molecular flexibility index (Phi) is 4.30. The Balaban J connectivity index is 1.76. The minimum Gasteiger partial charge on any atom is -0.379 e. The maximum atomic E-state index is 5.49. The van der Waals surface area contributed by atoms with Gasteiger partial charge in [-0.25, -0.2) is 4.68 Å². The summed E-state index contributed by atoms with van der Waals surface area (Å²) < 4.78 is 10.1. The molecule has 2 aromatic heterocycles. The number of ether oxygens (including phenoxy) is 1. The molecule has 5 nitrogen and oxygen atoms in total. The molecule has 0 saturated carbocycles. The van der Waals surface area contributed by atoms with Gasteiger partial charge in [0, 0.05) is 31.4 Å². The van der Waals surface area contributed by atoms with Gasteiger partial charge in [0.15, 0.2) is 4.77 Å². The molecule has 0 radical (unpaired) electrons. The first-order chi connectivity index (χ1) is 9.74. The molecule has 0 amide bonds. The Morgan fingerprint density at radius 2 is 2.20 bits per heavy atom. The Labute approximate surface area is 127 Å². The molecule has 3 rings (SSSR count). The van der Waals surface area contributed by atoms with Crippen molar-refractivity contribution >= 4 is 23.6 Å². The topological polar surface area (TPSA) is 35.2 Å². The molecular weight excluding hydrogens is 292 g/mol. The van der Waals surface area contributed by atoms with Crippen molar-refractivity contribution in [1.82, 2.24) is 19.2 Å². The third-order valence-corrected chi connectivity index (χ3v) is 4.84. The van der Waals surface area contributed by atoms with E-state index in [4.69, 9.17) is 17.0 Å². The normalized spacial score (nSPS) is 16.6. The summed E-state index contributed by atoms with van der Waals surface area (Å²) >= 11 is 7.24. The van der Waals surface area contributed by atoms with E-state index in [9.17, 15) is 0 Å². The second-order valence-electron chi connectivity index (χ2n) is 4.89. The average molecular weight is 310 g/mol. The van der Waals surface area contributed by atoms with E-state index in [1.54, 1.807) is 11.3 Å². The van der Waals surface area contributed by atoms with Gasteiger partial charge in [-0.3, -0.25) is 4.90 Å².